The van der Waals surface area contributed by atoms with Gasteiger partial charge in [-0.2, -0.15) is 5.10 Å². The fourth-order valence-corrected chi connectivity index (χ4v) is 4.18. The van der Waals surface area contributed by atoms with Gasteiger partial charge >= 0.3 is 0 Å². The average molecular weight is 413 g/mol. The smallest absolute Gasteiger partial charge is 0.174 e. The number of nitrogens with zero attached hydrogens (tertiary/aromatic N) is 5. The number of benzene rings is 2. The van der Waals surface area contributed by atoms with Gasteiger partial charge < -0.3 is 19.9 Å². The Hall–Kier alpha value is -3.65. The minimum Gasteiger partial charge on any atom is -0.378 e. The molecule has 3 aliphatic heterocycles. The minimum absolute atomic E-state index is 0.773. The summed E-state index contributed by atoms with van der Waals surface area (Å²) in [6, 6.07) is 14.7. The fraction of sp³-hybridized carbons (Fsp3) is 0.261. The molecule has 3 aromatic rings. The number of aromatic nitrogens is 2. The highest BCUT2D eigenvalue weighted by Gasteiger charge is 2.26. The first-order valence-electron chi connectivity index (χ1n) is 10.6. The summed E-state index contributed by atoms with van der Waals surface area (Å²) in [5, 5.41) is 11.7. The number of morpholine rings is 1. The number of ether oxygens (including phenoxy) is 1. The molecule has 2 aromatic carbocycles. The monoisotopic (exact) mass is 413 g/mol. The molecular weight excluding hydrogens is 390 g/mol. The first kappa shape index (κ1) is 18.1. The summed E-state index contributed by atoms with van der Waals surface area (Å²) < 4.78 is 5.45. The zero-order valence-corrected chi connectivity index (χ0v) is 17.1. The summed E-state index contributed by atoms with van der Waals surface area (Å²) in [5.74, 6) is 1.67. The van der Waals surface area contributed by atoms with Crippen molar-refractivity contribution in [2.24, 2.45) is 9.98 Å². The summed E-state index contributed by atoms with van der Waals surface area (Å²) in [6.45, 7) is 5.06. The lowest BCUT2D eigenvalue weighted by Gasteiger charge is -2.29. The zero-order chi connectivity index (χ0) is 20.6. The van der Waals surface area contributed by atoms with E-state index in [0.29, 0.717) is 0 Å². The van der Waals surface area contributed by atoms with E-state index in [9.17, 15) is 0 Å². The van der Waals surface area contributed by atoms with Crippen LogP contribution in [0.15, 0.2) is 64.8 Å². The zero-order valence-electron chi connectivity index (χ0n) is 17.1. The predicted octanol–water partition coefficient (Wildman–Crippen LogP) is 2.94. The molecule has 31 heavy (non-hydrogen) atoms. The molecule has 1 fully saturated rings. The number of amidine groups is 2. The van der Waals surface area contributed by atoms with Crippen LogP contribution in [0.1, 0.15) is 5.56 Å². The molecule has 2 N–H and O–H groups in total. The van der Waals surface area contributed by atoms with Crippen LogP contribution in [0.4, 0.5) is 11.4 Å². The number of fused-ring (bicyclic) bond motifs is 2. The van der Waals surface area contributed by atoms with Crippen LogP contribution >= 0.6 is 0 Å². The molecule has 1 saturated heterocycles. The highest BCUT2D eigenvalue weighted by Crippen LogP contribution is 2.27. The van der Waals surface area contributed by atoms with Gasteiger partial charge in [-0.15, -0.1) is 0 Å². The van der Waals surface area contributed by atoms with Crippen molar-refractivity contribution < 1.29 is 4.74 Å². The first-order valence-corrected chi connectivity index (χ1v) is 10.6. The third kappa shape index (κ3) is 3.44. The Morgan fingerprint density at radius 2 is 1.87 bits per heavy atom. The number of nitrogens with one attached hydrogen (secondary N) is 2. The lowest BCUT2D eigenvalue weighted by molar-refractivity contribution is 0.122. The van der Waals surface area contributed by atoms with E-state index < -0.39 is 0 Å². The Labute approximate surface area is 179 Å². The van der Waals surface area contributed by atoms with Crippen LogP contribution in [0, 0.1) is 0 Å². The second kappa shape index (κ2) is 7.55. The van der Waals surface area contributed by atoms with Crippen LogP contribution in [0.25, 0.3) is 16.6 Å². The van der Waals surface area contributed by atoms with Crippen LogP contribution in [0.5, 0.6) is 0 Å². The van der Waals surface area contributed by atoms with E-state index in [4.69, 9.17) is 9.73 Å². The normalized spacial score (nSPS) is 18.5. The van der Waals surface area contributed by atoms with Gasteiger partial charge in [0.05, 0.1) is 37.2 Å². The molecule has 6 rings (SSSR count). The van der Waals surface area contributed by atoms with E-state index in [-0.39, 0.29) is 0 Å². The summed E-state index contributed by atoms with van der Waals surface area (Å²) >= 11 is 0. The Kier molecular flexibility index (Phi) is 4.42. The lowest BCUT2D eigenvalue weighted by atomic mass is 10.1. The lowest BCUT2D eigenvalue weighted by Crippen LogP contribution is -2.37. The first-order chi connectivity index (χ1) is 15.3. The van der Waals surface area contributed by atoms with Gasteiger partial charge in [-0.25, -0.2) is 4.99 Å². The quantitative estimate of drug-likeness (QED) is 0.690. The fourth-order valence-electron chi connectivity index (χ4n) is 4.18. The molecule has 156 valence electrons. The second-order valence-corrected chi connectivity index (χ2v) is 7.82. The number of H-pyrrole nitrogens is 1. The molecule has 8 nitrogen and oxygen atoms in total. The summed E-state index contributed by atoms with van der Waals surface area (Å²) in [5.41, 5.74) is 5.17. The molecule has 4 heterocycles. The molecule has 8 heteroatoms. The molecule has 0 bridgehead atoms. The predicted molar refractivity (Wildman–Crippen MR) is 124 cm³/mol. The van der Waals surface area contributed by atoms with E-state index in [0.717, 1.165) is 78.9 Å². The van der Waals surface area contributed by atoms with Crippen LogP contribution in [-0.4, -0.2) is 66.2 Å². The number of hydrogen-bond donors (Lipinski definition) is 2. The molecule has 0 spiro atoms. The maximum absolute atomic E-state index is 5.45. The average Bonchev–Trinajstić information content (AvgIpc) is 3.49. The van der Waals surface area contributed by atoms with Crippen molar-refractivity contribution in [3.05, 3.63) is 60.4 Å². The van der Waals surface area contributed by atoms with E-state index in [2.05, 4.69) is 79.0 Å². The molecule has 3 aliphatic rings. The van der Waals surface area contributed by atoms with Gasteiger partial charge in [-0.1, -0.05) is 12.1 Å². The largest absolute Gasteiger partial charge is 0.378 e. The molecule has 0 amide bonds. The van der Waals surface area contributed by atoms with E-state index in [1.54, 1.807) is 0 Å². The van der Waals surface area contributed by atoms with Crippen LogP contribution in [0.3, 0.4) is 0 Å². The molecule has 0 radical (unpaired) electrons. The molecule has 0 unspecified atom stereocenters. The van der Waals surface area contributed by atoms with Crippen molar-refractivity contribution in [1.82, 2.24) is 15.1 Å². The van der Waals surface area contributed by atoms with E-state index in [1.165, 1.54) is 5.69 Å². The highest BCUT2D eigenvalue weighted by molar-refractivity contribution is 6.46. The standard InChI is InChI=1S/C23H23N7O/c1-2-17-14-25-28-20(17)13-16(1)21-15-30-8-7-24-23(30)22(27-21)26-18-3-5-19(6-4-18)29-9-11-31-12-10-29/h1-6,13-15H,7-12H2,(H,25,28)(H,26,27). The number of rotatable bonds is 3. The summed E-state index contributed by atoms with van der Waals surface area (Å²) in [6.07, 6.45) is 3.91. The number of anilines is 2. The van der Waals surface area contributed by atoms with Crippen molar-refractivity contribution in [3.63, 3.8) is 0 Å². The Bertz CT molecular complexity index is 1200. The van der Waals surface area contributed by atoms with Crippen molar-refractivity contribution in [3.8, 4) is 0 Å². The van der Waals surface area contributed by atoms with Crippen molar-refractivity contribution in [2.45, 2.75) is 0 Å². The van der Waals surface area contributed by atoms with Crippen molar-refractivity contribution in [2.75, 3.05) is 49.6 Å². The maximum Gasteiger partial charge on any atom is 0.174 e. The van der Waals surface area contributed by atoms with Gasteiger partial charge in [0.1, 0.15) is 0 Å². The Morgan fingerprint density at radius 3 is 2.74 bits per heavy atom. The Balaban J connectivity index is 1.28. The van der Waals surface area contributed by atoms with Crippen LogP contribution in [-0.2, 0) is 4.74 Å². The van der Waals surface area contributed by atoms with Crippen LogP contribution < -0.4 is 10.2 Å². The van der Waals surface area contributed by atoms with Gasteiger partial charge in [-0.3, -0.25) is 10.1 Å². The Morgan fingerprint density at radius 1 is 1.00 bits per heavy atom. The molecule has 0 aliphatic carbocycles. The summed E-state index contributed by atoms with van der Waals surface area (Å²) in [7, 11) is 0. The van der Waals surface area contributed by atoms with Gasteiger partial charge in [0, 0.05) is 48.2 Å². The number of aromatic amines is 1. The SMILES string of the molecule is C1=C(c2ccc3cn[nH]c3c2)N=C(Nc2ccc(N3CCOCC3)cc2)C2=NCCN12. The van der Waals surface area contributed by atoms with Crippen LogP contribution in [0.2, 0.25) is 0 Å². The van der Waals surface area contributed by atoms with E-state index >= 15 is 0 Å². The van der Waals surface area contributed by atoms with Gasteiger partial charge in [-0.05, 0) is 30.3 Å². The third-order valence-corrected chi connectivity index (χ3v) is 5.84. The van der Waals surface area contributed by atoms with Gasteiger partial charge in [0.2, 0.25) is 0 Å². The number of hydrogen-bond acceptors (Lipinski definition) is 7. The third-order valence-electron chi connectivity index (χ3n) is 5.84. The molecule has 0 atom stereocenters. The van der Waals surface area contributed by atoms with Gasteiger partial charge in [0.15, 0.2) is 11.7 Å². The summed E-state index contributed by atoms with van der Waals surface area (Å²) in [4.78, 5) is 14.1. The molecular formula is C23H23N7O. The van der Waals surface area contributed by atoms with Crippen molar-refractivity contribution >= 4 is 39.6 Å². The van der Waals surface area contributed by atoms with Gasteiger partial charge in [0.25, 0.3) is 0 Å². The second-order valence-electron chi connectivity index (χ2n) is 7.82. The topological polar surface area (TPSA) is 81.1 Å². The number of aliphatic imine (C=N–C) groups is 2. The van der Waals surface area contributed by atoms with Crippen molar-refractivity contribution in [1.29, 1.82) is 0 Å². The maximum atomic E-state index is 5.45. The minimum atomic E-state index is 0.773. The highest BCUT2D eigenvalue weighted by atomic mass is 16.5. The molecule has 0 saturated carbocycles. The van der Waals surface area contributed by atoms with E-state index in [1.807, 2.05) is 6.20 Å². The molecule has 1 aromatic heterocycles.